The summed E-state index contributed by atoms with van der Waals surface area (Å²) in [6.07, 6.45) is 1.84. The molecule has 1 aliphatic rings. The van der Waals surface area contributed by atoms with Crippen molar-refractivity contribution in [3.63, 3.8) is 0 Å². The van der Waals surface area contributed by atoms with Crippen LogP contribution >= 0.6 is 0 Å². The second-order valence-electron chi connectivity index (χ2n) is 8.65. The van der Waals surface area contributed by atoms with Crippen LogP contribution in [0.25, 0.3) is 10.9 Å². The van der Waals surface area contributed by atoms with Gasteiger partial charge in [0.25, 0.3) is 5.91 Å². The summed E-state index contributed by atoms with van der Waals surface area (Å²) < 4.78 is 5.90. The molecule has 5 rings (SSSR count). The van der Waals surface area contributed by atoms with Crippen LogP contribution in [0.2, 0.25) is 0 Å². The lowest BCUT2D eigenvalue weighted by Crippen LogP contribution is -2.48. The lowest BCUT2D eigenvalue weighted by atomic mass is 10.1. The molecule has 0 radical (unpaired) electrons. The third kappa shape index (κ3) is 5.16. The van der Waals surface area contributed by atoms with Crippen LogP contribution in [0.3, 0.4) is 0 Å². The molecule has 1 aromatic heterocycles. The van der Waals surface area contributed by atoms with Crippen LogP contribution in [0.5, 0.6) is 5.75 Å². The van der Waals surface area contributed by atoms with E-state index in [1.807, 2.05) is 53.6 Å². The van der Waals surface area contributed by atoms with Gasteiger partial charge >= 0.3 is 0 Å². The van der Waals surface area contributed by atoms with E-state index in [-0.39, 0.29) is 12.5 Å². The van der Waals surface area contributed by atoms with Gasteiger partial charge in [0.15, 0.2) is 0 Å². The highest BCUT2D eigenvalue weighted by Gasteiger charge is 2.23. The van der Waals surface area contributed by atoms with E-state index in [9.17, 15) is 10.1 Å². The van der Waals surface area contributed by atoms with Crippen LogP contribution in [-0.4, -0.2) is 46.9 Å². The first kappa shape index (κ1) is 22.6. The average Bonchev–Trinajstić information content (AvgIpc) is 2.92. The Morgan fingerprint density at radius 2 is 1.69 bits per heavy atom. The molecule has 0 saturated carbocycles. The summed E-state index contributed by atoms with van der Waals surface area (Å²) in [5.74, 6) is 0.630. The summed E-state index contributed by atoms with van der Waals surface area (Å²) in [5.41, 5.74) is 4.29. The number of fused-ring (bicyclic) bond motifs is 1. The summed E-state index contributed by atoms with van der Waals surface area (Å²) >= 11 is 0. The van der Waals surface area contributed by atoms with Crippen molar-refractivity contribution in [2.75, 3.05) is 26.2 Å². The molecule has 0 aliphatic carbocycles. The standard InChI is InChI=1S/C29H26N4O2/c30-19-24-6-1-2-7-26(24)21-35-27-12-4-9-23(18-27)29(34)33-16-14-32(15-17-33)20-25-10-3-8-22-11-5-13-31-28(22)25/h1-13,18H,14-17,20-21H2. The molecule has 174 valence electrons. The molecule has 1 saturated heterocycles. The number of hydrogen-bond donors (Lipinski definition) is 0. The summed E-state index contributed by atoms with van der Waals surface area (Å²) in [6.45, 7) is 4.09. The molecule has 3 aromatic carbocycles. The maximum atomic E-state index is 13.2. The normalized spacial score (nSPS) is 14.0. The second kappa shape index (κ2) is 10.4. The number of aromatic nitrogens is 1. The van der Waals surface area contributed by atoms with E-state index in [0.717, 1.165) is 36.1 Å². The van der Waals surface area contributed by atoms with Crippen molar-refractivity contribution in [1.82, 2.24) is 14.8 Å². The van der Waals surface area contributed by atoms with Gasteiger partial charge in [-0.25, -0.2) is 0 Å². The molecule has 1 fully saturated rings. The molecule has 1 aliphatic heterocycles. The van der Waals surface area contributed by atoms with Crippen molar-refractivity contribution in [3.8, 4) is 11.8 Å². The zero-order valence-corrected chi connectivity index (χ0v) is 19.4. The first-order valence-electron chi connectivity index (χ1n) is 11.8. The molecule has 0 bridgehead atoms. The van der Waals surface area contributed by atoms with Crippen molar-refractivity contribution in [1.29, 1.82) is 5.26 Å². The molecule has 6 heteroatoms. The van der Waals surface area contributed by atoms with Crippen LogP contribution in [0.15, 0.2) is 85.1 Å². The molecule has 6 nitrogen and oxygen atoms in total. The van der Waals surface area contributed by atoms with Gasteiger partial charge in [0.1, 0.15) is 12.4 Å². The maximum absolute atomic E-state index is 13.2. The number of carbonyl (C=O) groups is 1. The Morgan fingerprint density at radius 1 is 0.914 bits per heavy atom. The summed E-state index contributed by atoms with van der Waals surface area (Å²) in [4.78, 5) is 22.0. The second-order valence-corrected chi connectivity index (χ2v) is 8.65. The van der Waals surface area contributed by atoms with E-state index < -0.39 is 0 Å². The minimum absolute atomic E-state index is 0.0133. The zero-order chi connectivity index (χ0) is 24.0. The fourth-order valence-electron chi connectivity index (χ4n) is 4.46. The van der Waals surface area contributed by atoms with Crippen molar-refractivity contribution in [3.05, 3.63) is 107 Å². The number of amides is 1. The minimum atomic E-state index is 0.0133. The van der Waals surface area contributed by atoms with Crippen molar-refractivity contribution < 1.29 is 9.53 Å². The number of nitriles is 1. The highest BCUT2D eigenvalue weighted by Crippen LogP contribution is 2.21. The third-order valence-corrected chi connectivity index (χ3v) is 6.38. The van der Waals surface area contributed by atoms with Gasteiger partial charge in [-0.2, -0.15) is 5.26 Å². The van der Waals surface area contributed by atoms with Crippen LogP contribution in [0.1, 0.15) is 27.0 Å². The molecule has 4 aromatic rings. The Hall–Kier alpha value is -4.21. The Kier molecular flexibility index (Phi) is 6.69. The predicted octanol–water partition coefficient (Wildman–Crippen LogP) is 4.64. The van der Waals surface area contributed by atoms with E-state index in [1.54, 1.807) is 12.1 Å². The van der Waals surface area contributed by atoms with E-state index >= 15 is 0 Å². The van der Waals surface area contributed by atoms with Crippen molar-refractivity contribution >= 4 is 16.8 Å². The number of rotatable bonds is 6. The van der Waals surface area contributed by atoms with Crippen molar-refractivity contribution in [2.24, 2.45) is 0 Å². The molecule has 35 heavy (non-hydrogen) atoms. The quantitative estimate of drug-likeness (QED) is 0.417. The fraction of sp³-hybridized carbons (Fsp3) is 0.207. The topological polar surface area (TPSA) is 69.5 Å². The monoisotopic (exact) mass is 462 g/mol. The maximum Gasteiger partial charge on any atom is 0.254 e. The number of benzene rings is 3. The van der Waals surface area contributed by atoms with Crippen LogP contribution < -0.4 is 4.74 Å². The molecular weight excluding hydrogens is 436 g/mol. The third-order valence-electron chi connectivity index (χ3n) is 6.38. The van der Waals surface area contributed by atoms with Crippen LogP contribution in [0.4, 0.5) is 0 Å². The van der Waals surface area contributed by atoms with Gasteiger partial charge in [-0.3, -0.25) is 14.7 Å². The first-order chi connectivity index (χ1) is 17.2. The van der Waals surface area contributed by atoms with Gasteiger partial charge in [-0.05, 0) is 35.9 Å². The van der Waals surface area contributed by atoms with Crippen LogP contribution in [0, 0.1) is 11.3 Å². The number of piperazine rings is 1. The average molecular weight is 463 g/mol. The minimum Gasteiger partial charge on any atom is -0.489 e. The van der Waals surface area contributed by atoms with E-state index in [0.29, 0.717) is 30.0 Å². The Labute approximate surface area is 205 Å². The Bertz CT molecular complexity index is 1380. The molecular formula is C29H26N4O2. The Balaban J connectivity index is 1.19. The highest BCUT2D eigenvalue weighted by atomic mass is 16.5. The van der Waals surface area contributed by atoms with E-state index in [2.05, 4.69) is 40.2 Å². The SMILES string of the molecule is N#Cc1ccccc1COc1cccc(C(=O)N2CCN(Cc3cccc4cccnc34)CC2)c1. The van der Waals surface area contributed by atoms with Gasteiger partial charge < -0.3 is 9.64 Å². The van der Waals surface area contributed by atoms with E-state index in [4.69, 9.17) is 4.74 Å². The molecule has 1 amide bonds. The number of pyridine rings is 1. The van der Waals surface area contributed by atoms with Gasteiger partial charge in [-0.1, -0.05) is 48.5 Å². The molecule has 0 N–H and O–H groups in total. The lowest BCUT2D eigenvalue weighted by molar-refractivity contribution is 0.0628. The van der Waals surface area contributed by atoms with Gasteiger partial charge in [0, 0.05) is 55.4 Å². The summed E-state index contributed by atoms with van der Waals surface area (Å²) in [5, 5.41) is 10.4. The lowest BCUT2D eigenvalue weighted by Gasteiger charge is -2.35. The predicted molar refractivity (Wildman–Crippen MR) is 135 cm³/mol. The largest absolute Gasteiger partial charge is 0.489 e. The number of ether oxygens (including phenoxy) is 1. The highest BCUT2D eigenvalue weighted by molar-refractivity contribution is 5.94. The smallest absolute Gasteiger partial charge is 0.254 e. The first-order valence-corrected chi connectivity index (χ1v) is 11.8. The van der Waals surface area contributed by atoms with Crippen LogP contribution in [-0.2, 0) is 13.2 Å². The van der Waals surface area contributed by atoms with Gasteiger partial charge in [0.2, 0.25) is 0 Å². The molecule has 2 heterocycles. The van der Waals surface area contributed by atoms with Gasteiger partial charge in [-0.15, -0.1) is 0 Å². The summed E-state index contributed by atoms with van der Waals surface area (Å²) in [6, 6.07) is 27.2. The van der Waals surface area contributed by atoms with E-state index in [1.165, 1.54) is 5.56 Å². The fourth-order valence-corrected chi connectivity index (χ4v) is 4.46. The number of para-hydroxylation sites is 1. The molecule has 0 unspecified atom stereocenters. The molecule has 0 spiro atoms. The summed E-state index contributed by atoms with van der Waals surface area (Å²) in [7, 11) is 0. The van der Waals surface area contributed by atoms with Gasteiger partial charge in [0.05, 0.1) is 17.1 Å². The van der Waals surface area contributed by atoms with Crippen molar-refractivity contribution in [2.45, 2.75) is 13.2 Å². The zero-order valence-electron chi connectivity index (χ0n) is 19.4. The number of carbonyl (C=O) groups excluding carboxylic acids is 1. The number of hydrogen-bond acceptors (Lipinski definition) is 5. The molecule has 0 atom stereocenters. The Morgan fingerprint density at radius 3 is 2.54 bits per heavy atom. The number of nitrogens with zero attached hydrogens (tertiary/aromatic N) is 4.